The van der Waals surface area contributed by atoms with E-state index in [0.717, 1.165) is 29.4 Å². The first-order valence-corrected chi connectivity index (χ1v) is 6.46. The summed E-state index contributed by atoms with van der Waals surface area (Å²) in [6.45, 7) is 0.986. The molecule has 1 heterocycles. The predicted molar refractivity (Wildman–Crippen MR) is 69.6 cm³/mol. The molecular weight excluding hydrogens is 236 g/mol. The Morgan fingerprint density at radius 2 is 2.24 bits per heavy atom. The van der Waals surface area contributed by atoms with Gasteiger partial charge in [-0.3, -0.25) is 4.79 Å². The second kappa shape index (κ2) is 4.22. The number of carbonyl (C=O) groups is 1. The van der Waals surface area contributed by atoms with Crippen LogP contribution in [0, 0.1) is 5.92 Å². The number of fused-ring (bicyclic) bond motifs is 1. The molecule has 1 fully saturated rings. The first kappa shape index (κ1) is 10.9. The summed E-state index contributed by atoms with van der Waals surface area (Å²) in [7, 11) is 0. The normalized spacial score (nSPS) is 18.5. The minimum Gasteiger partial charge on any atom is -0.384 e. The molecule has 1 aliphatic heterocycles. The van der Waals surface area contributed by atoms with E-state index in [0.29, 0.717) is 11.4 Å². The van der Waals surface area contributed by atoms with E-state index in [1.54, 1.807) is 0 Å². The Hall–Kier alpha value is -1.22. The van der Waals surface area contributed by atoms with Crippen molar-refractivity contribution in [2.24, 2.45) is 5.92 Å². The van der Waals surface area contributed by atoms with Crippen molar-refractivity contribution in [3.05, 3.63) is 22.7 Å². The summed E-state index contributed by atoms with van der Waals surface area (Å²) < 4.78 is 0. The number of carbonyl (C=O) groups excluding carboxylic acids is 1. The molecule has 0 atom stereocenters. The molecule has 0 aromatic heterocycles. The first-order valence-electron chi connectivity index (χ1n) is 6.08. The molecular formula is C13H15ClN2O. The molecule has 3 rings (SSSR count). The molecule has 1 amide bonds. The molecule has 4 heteroatoms. The van der Waals surface area contributed by atoms with Crippen LogP contribution in [0.15, 0.2) is 12.1 Å². The van der Waals surface area contributed by atoms with E-state index < -0.39 is 0 Å². The molecule has 3 nitrogen and oxygen atoms in total. The molecule has 17 heavy (non-hydrogen) atoms. The molecule has 0 radical (unpaired) electrons. The van der Waals surface area contributed by atoms with Crippen LogP contribution in [0.3, 0.4) is 0 Å². The lowest BCUT2D eigenvalue weighted by molar-refractivity contribution is -0.115. The highest BCUT2D eigenvalue weighted by atomic mass is 35.5. The zero-order valence-electron chi connectivity index (χ0n) is 9.55. The molecule has 2 N–H and O–H groups in total. The number of benzene rings is 1. The van der Waals surface area contributed by atoms with Crippen molar-refractivity contribution < 1.29 is 4.79 Å². The maximum absolute atomic E-state index is 11.3. The lowest BCUT2D eigenvalue weighted by Gasteiger charge is -2.26. The van der Waals surface area contributed by atoms with Gasteiger partial charge in [0.1, 0.15) is 0 Å². The van der Waals surface area contributed by atoms with Gasteiger partial charge in [0.25, 0.3) is 0 Å². The molecule has 0 spiro atoms. The van der Waals surface area contributed by atoms with Crippen molar-refractivity contribution in [3.8, 4) is 0 Å². The number of hydrogen-bond acceptors (Lipinski definition) is 2. The van der Waals surface area contributed by atoms with Crippen LogP contribution in [-0.4, -0.2) is 12.5 Å². The van der Waals surface area contributed by atoms with Crippen molar-refractivity contribution in [1.29, 1.82) is 0 Å². The number of nitrogens with one attached hydrogen (secondary N) is 2. The highest BCUT2D eigenvalue weighted by Gasteiger charge is 2.21. The third-order valence-corrected chi connectivity index (χ3v) is 3.94. The van der Waals surface area contributed by atoms with Gasteiger partial charge in [0.05, 0.1) is 17.1 Å². The van der Waals surface area contributed by atoms with Gasteiger partial charge in [-0.05, 0) is 36.5 Å². The van der Waals surface area contributed by atoms with Crippen LogP contribution in [0.1, 0.15) is 24.8 Å². The maximum atomic E-state index is 11.3. The molecule has 0 bridgehead atoms. The van der Waals surface area contributed by atoms with Crippen molar-refractivity contribution in [2.45, 2.75) is 25.7 Å². The second-order valence-electron chi connectivity index (χ2n) is 4.89. The molecule has 0 saturated heterocycles. The van der Waals surface area contributed by atoms with Gasteiger partial charge in [0.15, 0.2) is 0 Å². The van der Waals surface area contributed by atoms with Crippen molar-refractivity contribution in [1.82, 2.24) is 0 Å². The molecule has 1 aromatic rings. The lowest BCUT2D eigenvalue weighted by atomic mass is 9.85. The van der Waals surface area contributed by atoms with Crippen LogP contribution in [0.2, 0.25) is 5.02 Å². The highest BCUT2D eigenvalue weighted by Crippen LogP contribution is 2.34. The average Bonchev–Trinajstić information content (AvgIpc) is 2.55. The minimum atomic E-state index is 0.0483. The number of anilines is 2. The van der Waals surface area contributed by atoms with E-state index in [9.17, 15) is 4.79 Å². The van der Waals surface area contributed by atoms with E-state index in [2.05, 4.69) is 10.6 Å². The van der Waals surface area contributed by atoms with Crippen LogP contribution in [0.25, 0.3) is 0 Å². The van der Waals surface area contributed by atoms with Crippen molar-refractivity contribution >= 4 is 28.9 Å². The zero-order chi connectivity index (χ0) is 11.8. The van der Waals surface area contributed by atoms with Crippen LogP contribution >= 0.6 is 11.6 Å². The molecule has 90 valence electrons. The summed E-state index contributed by atoms with van der Waals surface area (Å²) in [4.78, 5) is 11.3. The summed E-state index contributed by atoms with van der Waals surface area (Å²) in [6, 6.07) is 3.83. The molecule has 0 unspecified atom stereocenters. The third-order valence-electron chi connectivity index (χ3n) is 3.62. The number of amides is 1. The van der Waals surface area contributed by atoms with Crippen LogP contribution in [-0.2, 0) is 11.2 Å². The lowest BCUT2D eigenvalue weighted by Crippen LogP contribution is -2.21. The average molecular weight is 251 g/mol. The Bertz CT molecular complexity index is 469. The summed E-state index contributed by atoms with van der Waals surface area (Å²) >= 11 is 6.19. The Kier molecular flexibility index (Phi) is 2.71. The number of halogens is 1. The summed E-state index contributed by atoms with van der Waals surface area (Å²) in [5.41, 5.74) is 2.85. The fourth-order valence-corrected chi connectivity index (χ4v) is 2.57. The molecule has 1 aromatic carbocycles. The quantitative estimate of drug-likeness (QED) is 0.866. The molecule has 1 aliphatic carbocycles. The van der Waals surface area contributed by atoms with E-state index in [1.807, 2.05) is 12.1 Å². The number of rotatable bonds is 3. The first-order chi connectivity index (χ1) is 8.22. The van der Waals surface area contributed by atoms with Crippen LogP contribution < -0.4 is 10.6 Å². The smallest absolute Gasteiger partial charge is 0.228 e. The topological polar surface area (TPSA) is 41.1 Å². The van der Waals surface area contributed by atoms with Gasteiger partial charge < -0.3 is 10.6 Å². The molecule has 1 saturated carbocycles. The fraction of sp³-hybridized carbons (Fsp3) is 0.462. The summed E-state index contributed by atoms with van der Waals surface area (Å²) in [5, 5.41) is 6.88. The largest absolute Gasteiger partial charge is 0.384 e. The highest BCUT2D eigenvalue weighted by molar-refractivity contribution is 6.33. The Balaban J connectivity index is 1.75. The van der Waals surface area contributed by atoms with Gasteiger partial charge in [-0.15, -0.1) is 0 Å². The van der Waals surface area contributed by atoms with Gasteiger partial charge in [-0.2, -0.15) is 0 Å². The number of hydrogen-bond donors (Lipinski definition) is 2. The monoisotopic (exact) mass is 250 g/mol. The summed E-state index contributed by atoms with van der Waals surface area (Å²) in [6.07, 6.45) is 4.44. The Morgan fingerprint density at radius 1 is 1.41 bits per heavy atom. The van der Waals surface area contributed by atoms with Crippen molar-refractivity contribution in [3.63, 3.8) is 0 Å². The van der Waals surface area contributed by atoms with Gasteiger partial charge in [0, 0.05) is 12.2 Å². The van der Waals surface area contributed by atoms with Gasteiger partial charge in [-0.1, -0.05) is 18.0 Å². The van der Waals surface area contributed by atoms with E-state index in [-0.39, 0.29) is 5.91 Å². The van der Waals surface area contributed by atoms with E-state index in [1.165, 1.54) is 19.3 Å². The summed E-state index contributed by atoms with van der Waals surface area (Å²) in [5.74, 6) is 0.839. The standard InChI is InChI=1S/C13H15ClN2O/c14-10-6-11-9(5-13(17)16-11)4-12(10)15-7-8-2-1-3-8/h4,6,8,15H,1-3,5,7H2,(H,16,17). The van der Waals surface area contributed by atoms with E-state index in [4.69, 9.17) is 11.6 Å². The zero-order valence-corrected chi connectivity index (χ0v) is 10.3. The third kappa shape index (κ3) is 2.12. The Morgan fingerprint density at radius 3 is 2.94 bits per heavy atom. The van der Waals surface area contributed by atoms with Gasteiger partial charge in [-0.25, -0.2) is 0 Å². The van der Waals surface area contributed by atoms with Crippen LogP contribution in [0.4, 0.5) is 11.4 Å². The fourth-order valence-electron chi connectivity index (χ4n) is 2.33. The molecule has 2 aliphatic rings. The maximum Gasteiger partial charge on any atom is 0.228 e. The van der Waals surface area contributed by atoms with E-state index >= 15 is 0 Å². The van der Waals surface area contributed by atoms with Crippen molar-refractivity contribution in [2.75, 3.05) is 17.2 Å². The SMILES string of the molecule is O=C1Cc2cc(NCC3CCC3)c(Cl)cc2N1. The van der Waals surface area contributed by atoms with Crippen LogP contribution in [0.5, 0.6) is 0 Å². The minimum absolute atomic E-state index is 0.0483. The predicted octanol–water partition coefficient (Wildman–Crippen LogP) is 3.05. The Labute approximate surface area is 106 Å². The second-order valence-corrected chi connectivity index (χ2v) is 5.30. The van der Waals surface area contributed by atoms with Gasteiger partial charge >= 0.3 is 0 Å². The van der Waals surface area contributed by atoms with Gasteiger partial charge in [0.2, 0.25) is 5.91 Å².